The minimum absolute atomic E-state index is 0.456. The minimum Gasteiger partial charge on any atom is -0.119 e. The van der Waals surface area contributed by atoms with Crippen molar-refractivity contribution in [3.8, 4) is 0 Å². The second kappa shape index (κ2) is 4.02. The third kappa shape index (κ3) is 2.33. The zero-order valence-electron chi connectivity index (χ0n) is 6.08. The highest BCUT2D eigenvalue weighted by atomic mass is 31.1. The average molecular weight is 163 g/mol. The molecule has 0 aromatic carbocycles. The summed E-state index contributed by atoms with van der Waals surface area (Å²) >= 11 is 0. The van der Waals surface area contributed by atoms with E-state index in [0.717, 1.165) is 12.8 Å². The van der Waals surface area contributed by atoms with Gasteiger partial charge in [-0.1, -0.05) is 13.3 Å². The number of hydrogen-bond acceptors (Lipinski definition) is 3. The maximum atomic E-state index is 10.5. The van der Waals surface area contributed by atoms with E-state index >= 15 is 0 Å². The van der Waals surface area contributed by atoms with E-state index in [9.17, 15) is 4.57 Å². The van der Waals surface area contributed by atoms with Crippen LogP contribution in [0.5, 0.6) is 0 Å². The van der Waals surface area contributed by atoms with E-state index in [-0.39, 0.29) is 0 Å². The second-order valence-corrected chi connectivity index (χ2v) is 3.43. The number of hydrogen-bond donors (Lipinski definition) is 0. The molecular weight excluding hydrogens is 151 g/mol. The van der Waals surface area contributed by atoms with Gasteiger partial charge in [0, 0.05) is 10.5 Å². The highest BCUT2D eigenvalue weighted by Gasteiger charge is 2.30. The van der Waals surface area contributed by atoms with Crippen LogP contribution in [0.4, 0.5) is 0 Å². The molecule has 1 heterocycles. The first-order valence-electron chi connectivity index (χ1n) is 3.56. The molecular formula is C6H12O3P+. The Morgan fingerprint density at radius 3 is 2.60 bits per heavy atom. The molecule has 0 radical (unpaired) electrons. The van der Waals surface area contributed by atoms with Crippen molar-refractivity contribution >= 4 is 8.25 Å². The largest absolute Gasteiger partial charge is 0.697 e. The lowest BCUT2D eigenvalue weighted by atomic mass is 10.1. The molecule has 3 nitrogen and oxygen atoms in total. The van der Waals surface area contributed by atoms with E-state index in [1.165, 1.54) is 0 Å². The van der Waals surface area contributed by atoms with Gasteiger partial charge in [0.25, 0.3) is 0 Å². The molecule has 0 aromatic rings. The quantitative estimate of drug-likeness (QED) is 0.585. The van der Waals surface area contributed by atoms with Gasteiger partial charge in [0.1, 0.15) is 13.2 Å². The molecule has 0 bridgehead atoms. The normalized spacial score (nSPS) is 30.5. The topological polar surface area (TPSA) is 35.5 Å². The summed E-state index contributed by atoms with van der Waals surface area (Å²) in [5, 5.41) is 0. The standard InChI is InChI=1S/C6H12O3P/c1-2-3-6-4-8-10(7)9-5-6/h6H,2-5H2,1H3/q+1. The molecule has 0 spiro atoms. The van der Waals surface area contributed by atoms with E-state index in [1.54, 1.807) is 0 Å². The monoisotopic (exact) mass is 163 g/mol. The third-order valence-electron chi connectivity index (χ3n) is 1.53. The Labute approximate surface area is 61.7 Å². The van der Waals surface area contributed by atoms with Crippen molar-refractivity contribution in [1.29, 1.82) is 0 Å². The first-order chi connectivity index (χ1) is 4.83. The minimum atomic E-state index is -1.78. The van der Waals surface area contributed by atoms with Gasteiger partial charge in [-0.25, -0.2) is 0 Å². The summed E-state index contributed by atoms with van der Waals surface area (Å²) in [5.41, 5.74) is 0. The van der Waals surface area contributed by atoms with Crippen molar-refractivity contribution in [2.45, 2.75) is 19.8 Å². The molecule has 0 amide bonds. The second-order valence-electron chi connectivity index (χ2n) is 2.47. The Balaban J connectivity index is 2.19. The van der Waals surface area contributed by atoms with E-state index in [4.69, 9.17) is 9.05 Å². The molecule has 0 N–H and O–H groups in total. The van der Waals surface area contributed by atoms with Crippen LogP contribution < -0.4 is 0 Å². The summed E-state index contributed by atoms with van der Waals surface area (Å²) in [6.07, 6.45) is 2.23. The Kier molecular flexibility index (Phi) is 3.26. The zero-order valence-corrected chi connectivity index (χ0v) is 6.97. The van der Waals surface area contributed by atoms with Gasteiger partial charge in [-0.2, -0.15) is 0 Å². The summed E-state index contributed by atoms with van der Waals surface area (Å²) < 4.78 is 20.2. The highest BCUT2D eigenvalue weighted by molar-refractivity contribution is 7.33. The zero-order chi connectivity index (χ0) is 7.40. The lowest BCUT2D eigenvalue weighted by molar-refractivity contribution is 0.103. The van der Waals surface area contributed by atoms with Gasteiger partial charge in [0.15, 0.2) is 0 Å². The molecule has 0 unspecified atom stereocenters. The summed E-state index contributed by atoms with van der Waals surface area (Å²) in [5.74, 6) is 0.456. The van der Waals surface area contributed by atoms with Crippen molar-refractivity contribution in [1.82, 2.24) is 0 Å². The SMILES string of the molecule is CCCC1CO[P+](=O)OC1. The van der Waals surface area contributed by atoms with Crippen molar-refractivity contribution in [3.05, 3.63) is 0 Å². The Morgan fingerprint density at radius 2 is 2.10 bits per heavy atom. The average Bonchev–Trinajstić information content (AvgIpc) is 1.95. The molecule has 0 saturated carbocycles. The van der Waals surface area contributed by atoms with E-state index in [1.807, 2.05) is 0 Å². The van der Waals surface area contributed by atoms with Crippen LogP contribution in [0, 0.1) is 5.92 Å². The van der Waals surface area contributed by atoms with Gasteiger partial charge in [0.05, 0.1) is 0 Å². The fourth-order valence-corrected chi connectivity index (χ4v) is 1.73. The van der Waals surface area contributed by atoms with E-state index < -0.39 is 8.25 Å². The molecule has 0 atom stereocenters. The third-order valence-corrected chi connectivity index (χ3v) is 2.25. The van der Waals surface area contributed by atoms with Crippen LogP contribution in [0.2, 0.25) is 0 Å². The van der Waals surface area contributed by atoms with Crippen molar-refractivity contribution in [2.75, 3.05) is 13.2 Å². The molecule has 1 rings (SSSR count). The van der Waals surface area contributed by atoms with Crippen molar-refractivity contribution < 1.29 is 13.6 Å². The summed E-state index contributed by atoms with van der Waals surface area (Å²) in [6.45, 7) is 3.32. The first kappa shape index (κ1) is 8.12. The lowest BCUT2D eigenvalue weighted by Crippen LogP contribution is -2.17. The van der Waals surface area contributed by atoms with E-state index in [2.05, 4.69) is 6.92 Å². The fraction of sp³-hybridized carbons (Fsp3) is 1.00. The maximum Gasteiger partial charge on any atom is 0.697 e. The summed E-state index contributed by atoms with van der Waals surface area (Å²) in [4.78, 5) is 0. The molecule has 4 heteroatoms. The summed E-state index contributed by atoms with van der Waals surface area (Å²) in [6, 6.07) is 0. The molecule has 1 aliphatic heterocycles. The predicted octanol–water partition coefficient (Wildman–Crippen LogP) is 2.11. The smallest absolute Gasteiger partial charge is 0.119 e. The predicted molar refractivity (Wildman–Crippen MR) is 37.9 cm³/mol. The van der Waals surface area contributed by atoms with Crippen LogP contribution in [0.1, 0.15) is 19.8 Å². The van der Waals surface area contributed by atoms with Crippen molar-refractivity contribution in [2.24, 2.45) is 5.92 Å². The van der Waals surface area contributed by atoms with Crippen molar-refractivity contribution in [3.63, 3.8) is 0 Å². The van der Waals surface area contributed by atoms with Gasteiger partial charge < -0.3 is 0 Å². The van der Waals surface area contributed by atoms with Crippen LogP contribution in [-0.4, -0.2) is 13.2 Å². The van der Waals surface area contributed by atoms with Gasteiger partial charge >= 0.3 is 8.25 Å². The van der Waals surface area contributed by atoms with Gasteiger partial charge in [-0.15, -0.1) is 9.05 Å². The Hall–Kier alpha value is 0.0200. The molecule has 58 valence electrons. The highest BCUT2D eigenvalue weighted by Crippen LogP contribution is 2.31. The Bertz CT molecular complexity index is 116. The van der Waals surface area contributed by atoms with Crippen LogP contribution in [-0.2, 0) is 13.6 Å². The van der Waals surface area contributed by atoms with E-state index in [0.29, 0.717) is 19.1 Å². The molecule has 1 fully saturated rings. The van der Waals surface area contributed by atoms with Crippen LogP contribution in [0.3, 0.4) is 0 Å². The molecule has 0 aromatic heterocycles. The van der Waals surface area contributed by atoms with Crippen LogP contribution in [0.15, 0.2) is 0 Å². The van der Waals surface area contributed by atoms with Crippen LogP contribution >= 0.6 is 8.25 Å². The molecule has 0 aliphatic carbocycles. The van der Waals surface area contributed by atoms with Gasteiger partial charge in [0.2, 0.25) is 0 Å². The van der Waals surface area contributed by atoms with Gasteiger partial charge in [-0.05, 0) is 6.42 Å². The molecule has 1 aliphatic rings. The summed E-state index contributed by atoms with van der Waals surface area (Å²) in [7, 11) is -1.78. The lowest BCUT2D eigenvalue weighted by Gasteiger charge is -2.11. The molecule has 10 heavy (non-hydrogen) atoms. The first-order valence-corrected chi connectivity index (χ1v) is 4.65. The van der Waals surface area contributed by atoms with Gasteiger partial charge in [-0.3, -0.25) is 0 Å². The Morgan fingerprint density at radius 1 is 1.50 bits per heavy atom. The number of rotatable bonds is 2. The molecule has 1 saturated heterocycles. The fourth-order valence-electron chi connectivity index (χ4n) is 0.993. The van der Waals surface area contributed by atoms with Crippen LogP contribution in [0.25, 0.3) is 0 Å². The maximum absolute atomic E-state index is 10.5.